The van der Waals surface area contributed by atoms with Crippen LogP contribution in [0.4, 0.5) is 5.69 Å². The normalized spacial score (nSPS) is 18.8. The summed E-state index contributed by atoms with van der Waals surface area (Å²) in [6, 6.07) is 5.27. The van der Waals surface area contributed by atoms with Crippen LogP contribution >= 0.6 is 0 Å². The van der Waals surface area contributed by atoms with E-state index in [1.807, 2.05) is 4.90 Å². The number of amides is 3. The second-order valence-corrected chi connectivity index (χ2v) is 8.27. The van der Waals surface area contributed by atoms with Gasteiger partial charge in [0.15, 0.2) is 0 Å². The van der Waals surface area contributed by atoms with Crippen LogP contribution in [-0.2, 0) is 14.4 Å². The Morgan fingerprint density at radius 1 is 1.06 bits per heavy atom. The smallest absolute Gasteiger partial charge is 0.224 e. The molecule has 2 saturated heterocycles. The van der Waals surface area contributed by atoms with Crippen LogP contribution in [0.15, 0.2) is 18.2 Å². The highest BCUT2D eigenvalue weighted by atomic mass is 16.5. The van der Waals surface area contributed by atoms with Crippen LogP contribution in [0.1, 0.15) is 44.9 Å². The maximum Gasteiger partial charge on any atom is 0.224 e. The molecule has 2 aliphatic rings. The lowest BCUT2D eigenvalue weighted by Gasteiger charge is -2.33. The molecule has 8 heteroatoms. The number of methoxy groups -OCH3 is 2. The van der Waals surface area contributed by atoms with Crippen LogP contribution < -0.4 is 14.8 Å². The van der Waals surface area contributed by atoms with Gasteiger partial charge in [0, 0.05) is 69.3 Å². The van der Waals surface area contributed by atoms with Crippen LogP contribution in [0.3, 0.4) is 0 Å². The molecule has 0 bridgehead atoms. The number of anilines is 1. The number of rotatable bonds is 9. The molecule has 0 saturated carbocycles. The average Bonchev–Trinajstić information content (AvgIpc) is 3.20. The van der Waals surface area contributed by atoms with E-state index in [1.165, 1.54) is 0 Å². The molecule has 0 spiro atoms. The van der Waals surface area contributed by atoms with Gasteiger partial charge in [-0.3, -0.25) is 14.4 Å². The minimum Gasteiger partial charge on any atom is -0.497 e. The SMILES string of the molecule is COc1cc(NC(=O)CC[C@H]2CCCN(C(=O)CCN3CCCC3=O)C2)cc(OC)c1. The molecule has 1 atom stereocenters. The van der Waals surface area contributed by atoms with Gasteiger partial charge in [0.05, 0.1) is 14.2 Å². The Morgan fingerprint density at radius 2 is 1.81 bits per heavy atom. The monoisotopic (exact) mass is 431 g/mol. The Morgan fingerprint density at radius 3 is 2.45 bits per heavy atom. The summed E-state index contributed by atoms with van der Waals surface area (Å²) in [7, 11) is 3.14. The molecule has 0 aromatic heterocycles. The summed E-state index contributed by atoms with van der Waals surface area (Å²) in [5, 5.41) is 2.90. The van der Waals surface area contributed by atoms with Crippen molar-refractivity contribution in [3.63, 3.8) is 0 Å². The van der Waals surface area contributed by atoms with Crippen molar-refractivity contribution in [3.05, 3.63) is 18.2 Å². The van der Waals surface area contributed by atoms with Crippen molar-refractivity contribution < 1.29 is 23.9 Å². The number of likely N-dealkylation sites (tertiary alicyclic amines) is 2. The number of benzene rings is 1. The number of nitrogens with zero attached hydrogens (tertiary/aromatic N) is 2. The third-order valence-electron chi connectivity index (χ3n) is 6.05. The van der Waals surface area contributed by atoms with E-state index in [9.17, 15) is 14.4 Å². The van der Waals surface area contributed by atoms with E-state index in [0.29, 0.717) is 55.5 Å². The van der Waals surface area contributed by atoms with Gasteiger partial charge in [0.25, 0.3) is 0 Å². The number of carbonyl (C=O) groups is 3. The Labute approximate surface area is 183 Å². The Hall–Kier alpha value is -2.77. The van der Waals surface area contributed by atoms with E-state index in [0.717, 1.165) is 38.8 Å². The molecule has 2 fully saturated rings. The predicted molar refractivity (Wildman–Crippen MR) is 117 cm³/mol. The van der Waals surface area contributed by atoms with Gasteiger partial charge in [-0.2, -0.15) is 0 Å². The van der Waals surface area contributed by atoms with Gasteiger partial charge in [-0.1, -0.05) is 0 Å². The molecule has 1 aromatic rings. The van der Waals surface area contributed by atoms with Crippen molar-refractivity contribution in [2.75, 3.05) is 45.7 Å². The van der Waals surface area contributed by atoms with Gasteiger partial charge in [-0.15, -0.1) is 0 Å². The number of hydrogen-bond acceptors (Lipinski definition) is 5. The van der Waals surface area contributed by atoms with E-state index in [4.69, 9.17) is 9.47 Å². The van der Waals surface area contributed by atoms with Crippen molar-refractivity contribution in [2.45, 2.75) is 44.9 Å². The molecule has 8 nitrogen and oxygen atoms in total. The quantitative estimate of drug-likeness (QED) is 0.649. The Balaban J connectivity index is 1.43. The molecule has 31 heavy (non-hydrogen) atoms. The van der Waals surface area contributed by atoms with E-state index in [2.05, 4.69) is 5.32 Å². The minimum absolute atomic E-state index is 0.0636. The fourth-order valence-electron chi connectivity index (χ4n) is 4.29. The average molecular weight is 432 g/mol. The summed E-state index contributed by atoms with van der Waals surface area (Å²) < 4.78 is 10.5. The lowest BCUT2D eigenvalue weighted by atomic mass is 9.93. The Kier molecular flexibility index (Phi) is 8.14. The molecular formula is C23H33N3O5. The summed E-state index contributed by atoms with van der Waals surface area (Å²) in [6.45, 7) is 2.74. The molecule has 3 amide bonds. The van der Waals surface area contributed by atoms with Crippen LogP contribution in [0.5, 0.6) is 11.5 Å². The van der Waals surface area contributed by atoms with Crippen LogP contribution in [-0.4, -0.2) is 67.9 Å². The minimum atomic E-state index is -0.0636. The van der Waals surface area contributed by atoms with Crippen molar-refractivity contribution in [3.8, 4) is 11.5 Å². The van der Waals surface area contributed by atoms with E-state index in [1.54, 1.807) is 37.3 Å². The zero-order chi connectivity index (χ0) is 22.2. The summed E-state index contributed by atoms with van der Waals surface area (Å²) in [6.07, 6.45) is 4.99. The van der Waals surface area contributed by atoms with Gasteiger partial charge in [0.2, 0.25) is 17.7 Å². The van der Waals surface area contributed by atoms with Crippen LogP contribution in [0.2, 0.25) is 0 Å². The highest BCUT2D eigenvalue weighted by Gasteiger charge is 2.26. The summed E-state index contributed by atoms with van der Waals surface area (Å²) in [5.74, 6) is 1.75. The standard InChI is InChI=1S/C23H33N3O5/c1-30-19-13-18(14-20(15-19)31-2)24-21(27)8-7-17-5-3-11-26(16-17)23(29)9-12-25-10-4-6-22(25)28/h13-15,17H,3-12,16H2,1-2H3,(H,24,27)/t17-/m1/s1. The van der Waals surface area contributed by atoms with Crippen LogP contribution in [0, 0.1) is 5.92 Å². The van der Waals surface area contributed by atoms with Crippen molar-refractivity contribution in [2.24, 2.45) is 5.92 Å². The maximum absolute atomic E-state index is 12.6. The first kappa shape index (κ1) is 22.9. The largest absolute Gasteiger partial charge is 0.497 e. The molecule has 0 radical (unpaired) electrons. The molecule has 0 unspecified atom stereocenters. The number of carbonyl (C=O) groups excluding carboxylic acids is 3. The third kappa shape index (κ3) is 6.60. The first-order chi connectivity index (χ1) is 15.0. The van der Waals surface area contributed by atoms with Crippen molar-refractivity contribution in [1.82, 2.24) is 9.80 Å². The van der Waals surface area contributed by atoms with E-state index in [-0.39, 0.29) is 17.7 Å². The van der Waals surface area contributed by atoms with Crippen molar-refractivity contribution >= 4 is 23.4 Å². The molecule has 170 valence electrons. The van der Waals surface area contributed by atoms with Crippen LogP contribution in [0.25, 0.3) is 0 Å². The molecule has 1 N–H and O–H groups in total. The second-order valence-electron chi connectivity index (χ2n) is 8.27. The zero-order valence-corrected chi connectivity index (χ0v) is 18.5. The summed E-state index contributed by atoms with van der Waals surface area (Å²) >= 11 is 0. The first-order valence-electron chi connectivity index (χ1n) is 11.1. The Bertz CT molecular complexity index is 775. The fraction of sp³-hybridized carbons (Fsp3) is 0.609. The molecule has 2 aliphatic heterocycles. The predicted octanol–water partition coefficient (Wildman–Crippen LogP) is 2.67. The topological polar surface area (TPSA) is 88.2 Å². The number of hydrogen-bond donors (Lipinski definition) is 1. The molecular weight excluding hydrogens is 398 g/mol. The second kappa shape index (κ2) is 11.0. The van der Waals surface area contributed by atoms with Gasteiger partial charge in [0.1, 0.15) is 11.5 Å². The van der Waals surface area contributed by atoms with Gasteiger partial charge in [-0.05, 0) is 31.6 Å². The lowest BCUT2D eigenvalue weighted by molar-refractivity contribution is -0.134. The summed E-state index contributed by atoms with van der Waals surface area (Å²) in [4.78, 5) is 40.4. The highest BCUT2D eigenvalue weighted by molar-refractivity contribution is 5.91. The maximum atomic E-state index is 12.6. The van der Waals surface area contributed by atoms with E-state index < -0.39 is 0 Å². The first-order valence-corrected chi connectivity index (χ1v) is 11.1. The van der Waals surface area contributed by atoms with Gasteiger partial charge in [-0.25, -0.2) is 0 Å². The van der Waals surface area contributed by atoms with Gasteiger partial charge >= 0.3 is 0 Å². The zero-order valence-electron chi connectivity index (χ0n) is 18.5. The fourth-order valence-corrected chi connectivity index (χ4v) is 4.29. The number of piperidine rings is 1. The van der Waals surface area contributed by atoms with Gasteiger partial charge < -0.3 is 24.6 Å². The number of nitrogens with one attached hydrogen (secondary N) is 1. The third-order valence-corrected chi connectivity index (χ3v) is 6.05. The molecule has 1 aromatic carbocycles. The molecule has 3 rings (SSSR count). The lowest BCUT2D eigenvalue weighted by Crippen LogP contribution is -2.41. The van der Waals surface area contributed by atoms with E-state index >= 15 is 0 Å². The molecule has 0 aliphatic carbocycles. The summed E-state index contributed by atoms with van der Waals surface area (Å²) in [5.41, 5.74) is 0.637. The molecule has 2 heterocycles. The number of ether oxygens (including phenoxy) is 2. The van der Waals surface area contributed by atoms with Crippen molar-refractivity contribution in [1.29, 1.82) is 0 Å². The highest BCUT2D eigenvalue weighted by Crippen LogP contribution is 2.27.